The maximum atomic E-state index is 4.26. The van der Waals surface area contributed by atoms with Gasteiger partial charge in [0.2, 0.25) is 0 Å². The van der Waals surface area contributed by atoms with Gasteiger partial charge in [0.25, 0.3) is 0 Å². The Hall–Kier alpha value is -1.83. The van der Waals surface area contributed by atoms with Gasteiger partial charge in [-0.3, -0.25) is 4.68 Å². The zero-order chi connectivity index (χ0) is 9.54. The van der Waals surface area contributed by atoms with E-state index in [4.69, 9.17) is 0 Å². The molecule has 0 N–H and O–H groups in total. The van der Waals surface area contributed by atoms with Crippen LogP contribution in [0.5, 0.6) is 0 Å². The molecule has 0 aliphatic carbocycles. The van der Waals surface area contributed by atoms with Crippen LogP contribution in [0.1, 0.15) is 0 Å². The molecule has 0 atom stereocenters. The molecule has 1 aromatic heterocycles. The summed E-state index contributed by atoms with van der Waals surface area (Å²) in [4.78, 5) is 0. The maximum absolute atomic E-state index is 4.26. The third-order valence-electron chi connectivity index (χ3n) is 2.66. The lowest BCUT2D eigenvalue weighted by Crippen LogP contribution is -1.87. The van der Waals surface area contributed by atoms with Gasteiger partial charge in [0.1, 0.15) is 0 Å². The number of benzene rings is 2. The van der Waals surface area contributed by atoms with Crippen molar-refractivity contribution in [3.8, 4) is 0 Å². The molecular formula is C12H10N2. The summed E-state index contributed by atoms with van der Waals surface area (Å²) < 4.78 is 1.90. The predicted molar refractivity (Wildman–Crippen MR) is 58.2 cm³/mol. The smallest absolute Gasteiger partial charge is 0.0685 e. The molecule has 2 nitrogen and oxygen atoms in total. The number of hydrogen-bond acceptors (Lipinski definition) is 1. The molecule has 0 saturated heterocycles. The van der Waals surface area contributed by atoms with Crippen LogP contribution >= 0.6 is 0 Å². The first-order chi connectivity index (χ1) is 6.86. The summed E-state index contributed by atoms with van der Waals surface area (Å²) in [6, 6.07) is 12.6. The first-order valence-corrected chi connectivity index (χ1v) is 4.66. The van der Waals surface area contributed by atoms with Gasteiger partial charge in [-0.1, -0.05) is 30.3 Å². The zero-order valence-electron chi connectivity index (χ0n) is 7.94. The minimum absolute atomic E-state index is 1.18. The van der Waals surface area contributed by atoms with Crippen LogP contribution in [0.4, 0.5) is 0 Å². The largest absolute Gasteiger partial charge is 0.268 e. The number of rotatable bonds is 0. The van der Waals surface area contributed by atoms with Gasteiger partial charge in [-0.15, -0.1) is 0 Å². The summed E-state index contributed by atoms with van der Waals surface area (Å²) in [6.07, 6.45) is 1.93. The van der Waals surface area contributed by atoms with E-state index < -0.39 is 0 Å². The van der Waals surface area contributed by atoms with Crippen molar-refractivity contribution in [1.29, 1.82) is 0 Å². The van der Waals surface area contributed by atoms with E-state index in [1.54, 1.807) is 0 Å². The summed E-state index contributed by atoms with van der Waals surface area (Å²) in [5, 5.41) is 8.04. The van der Waals surface area contributed by atoms with E-state index in [0.717, 1.165) is 0 Å². The van der Waals surface area contributed by atoms with E-state index in [2.05, 4.69) is 41.5 Å². The number of aryl methyl sites for hydroxylation is 1. The molecule has 0 radical (unpaired) electrons. The average Bonchev–Trinajstić information content (AvgIpc) is 2.61. The van der Waals surface area contributed by atoms with Crippen molar-refractivity contribution in [3.63, 3.8) is 0 Å². The van der Waals surface area contributed by atoms with Crippen LogP contribution in [-0.4, -0.2) is 9.78 Å². The molecule has 0 spiro atoms. The minimum atomic E-state index is 1.18. The van der Waals surface area contributed by atoms with Gasteiger partial charge in [0.05, 0.1) is 11.7 Å². The van der Waals surface area contributed by atoms with Crippen molar-refractivity contribution < 1.29 is 0 Å². The lowest BCUT2D eigenvalue weighted by atomic mass is 10.1. The first kappa shape index (κ1) is 7.56. The second-order valence-electron chi connectivity index (χ2n) is 3.49. The van der Waals surface area contributed by atoms with Crippen LogP contribution < -0.4 is 0 Å². The van der Waals surface area contributed by atoms with E-state index in [0.29, 0.717) is 0 Å². The lowest BCUT2D eigenvalue weighted by Gasteiger charge is -1.99. The molecule has 0 aliphatic heterocycles. The molecule has 0 aliphatic rings. The molecule has 3 rings (SSSR count). The molecule has 2 heteroatoms. The molecule has 0 saturated carbocycles. The fraction of sp³-hybridized carbons (Fsp3) is 0.0833. The second-order valence-corrected chi connectivity index (χ2v) is 3.49. The number of aromatic nitrogens is 2. The van der Waals surface area contributed by atoms with E-state index in [-0.39, 0.29) is 0 Å². The van der Waals surface area contributed by atoms with Crippen molar-refractivity contribution in [2.75, 3.05) is 0 Å². The SMILES string of the molecule is Cn1ncc2c3ccccc3ccc21. The van der Waals surface area contributed by atoms with Crippen LogP contribution in [0, 0.1) is 0 Å². The highest BCUT2D eigenvalue weighted by Crippen LogP contribution is 2.24. The highest BCUT2D eigenvalue weighted by atomic mass is 15.2. The Bertz CT molecular complexity index is 608. The number of nitrogens with zero attached hydrogens (tertiary/aromatic N) is 2. The van der Waals surface area contributed by atoms with Crippen molar-refractivity contribution in [2.24, 2.45) is 7.05 Å². The minimum Gasteiger partial charge on any atom is -0.268 e. The zero-order valence-corrected chi connectivity index (χ0v) is 7.94. The van der Waals surface area contributed by atoms with Gasteiger partial charge in [-0.2, -0.15) is 5.10 Å². The van der Waals surface area contributed by atoms with Crippen LogP contribution in [0.3, 0.4) is 0 Å². The molecule has 68 valence electrons. The third-order valence-corrected chi connectivity index (χ3v) is 2.66. The molecule has 0 bridgehead atoms. The summed E-state index contributed by atoms with van der Waals surface area (Å²) in [7, 11) is 1.97. The van der Waals surface area contributed by atoms with E-state index in [1.807, 2.05) is 17.9 Å². The van der Waals surface area contributed by atoms with Crippen LogP contribution in [0.25, 0.3) is 21.7 Å². The molecule has 0 unspecified atom stereocenters. The second kappa shape index (κ2) is 2.58. The number of hydrogen-bond donors (Lipinski definition) is 0. The molecule has 14 heavy (non-hydrogen) atoms. The van der Waals surface area contributed by atoms with Crippen LogP contribution in [0.15, 0.2) is 42.6 Å². The van der Waals surface area contributed by atoms with Crippen molar-refractivity contribution in [1.82, 2.24) is 9.78 Å². The van der Waals surface area contributed by atoms with Crippen LogP contribution in [0.2, 0.25) is 0 Å². The Morgan fingerprint density at radius 3 is 2.79 bits per heavy atom. The molecule has 1 heterocycles. The Kier molecular flexibility index (Phi) is 1.39. The van der Waals surface area contributed by atoms with Gasteiger partial charge in [-0.05, 0) is 16.8 Å². The quantitative estimate of drug-likeness (QED) is 0.522. The molecule has 3 aromatic rings. The van der Waals surface area contributed by atoms with E-state index >= 15 is 0 Å². The van der Waals surface area contributed by atoms with Crippen molar-refractivity contribution in [2.45, 2.75) is 0 Å². The lowest BCUT2D eigenvalue weighted by molar-refractivity contribution is 0.797. The Labute approximate surface area is 81.8 Å². The Balaban J connectivity index is 2.61. The van der Waals surface area contributed by atoms with Gasteiger partial charge in [0, 0.05) is 12.4 Å². The fourth-order valence-electron chi connectivity index (χ4n) is 1.91. The summed E-state index contributed by atoms with van der Waals surface area (Å²) >= 11 is 0. The first-order valence-electron chi connectivity index (χ1n) is 4.66. The van der Waals surface area contributed by atoms with E-state index in [9.17, 15) is 0 Å². The highest BCUT2D eigenvalue weighted by molar-refractivity contribution is 6.05. The monoisotopic (exact) mass is 182 g/mol. The highest BCUT2D eigenvalue weighted by Gasteiger charge is 2.02. The van der Waals surface area contributed by atoms with Gasteiger partial charge < -0.3 is 0 Å². The topological polar surface area (TPSA) is 17.8 Å². The van der Waals surface area contributed by atoms with Gasteiger partial charge >= 0.3 is 0 Å². The maximum Gasteiger partial charge on any atom is 0.0685 e. The Morgan fingerprint density at radius 2 is 1.86 bits per heavy atom. The van der Waals surface area contributed by atoms with Gasteiger partial charge in [0.15, 0.2) is 0 Å². The molecule has 0 amide bonds. The molecule has 2 aromatic carbocycles. The molecule has 0 fully saturated rings. The normalized spacial score (nSPS) is 11.2. The molecular weight excluding hydrogens is 172 g/mol. The summed E-state index contributed by atoms with van der Waals surface area (Å²) in [5.74, 6) is 0. The van der Waals surface area contributed by atoms with Crippen LogP contribution in [-0.2, 0) is 7.05 Å². The summed E-state index contributed by atoms with van der Waals surface area (Å²) in [5.41, 5.74) is 1.18. The van der Waals surface area contributed by atoms with E-state index in [1.165, 1.54) is 21.7 Å². The third kappa shape index (κ3) is 0.880. The Morgan fingerprint density at radius 1 is 1.00 bits per heavy atom. The number of fused-ring (bicyclic) bond motifs is 3. The fourth-order valence-corrected chi connectivity index (χ4v) is 1.91. The predicted octanol–water partition coefficient (Wildman–Crippen LogP) is 2.73. The average molecular weight is 182 g/mol. The van der Waals surface area contributed by atoms with Gasteiger partial charge in [-0.25, -0.2) is 0 Å². The summed E-state index contributed by atoms with van der Waals surface area (Å²) in [6.45, 7) is 0. The van der Waals surface area contributed by atoms with Crippen molar-refractivity contribution in [3.05, 3.63) is 42.6 Å². The standard InChI is InChI=1S/C12H10N2/c1-14-12-7-6-9-4-2-3-5-10(9)11(12)8-13-14/h2-8H,1H3. The van der Waals surface area contributed by atoms with Crippen molar-refractivity contribution >= 4 is 21.7 Å².